The zero-order valence-electron chi connectivity index (χ0n) is 15.4. The first-order chi connectivity index (χ1) is 14.0. The number of benzene rings is 2. The molecule has 9 nitrogen and oxygen atoms in total. The van der Waals surface area contributed by atoms with E-state index in [1.807, 2.05) is 0 Å². The van der Waals surface area contributed by atoms with Crippen LogP contribution in [0.4, 0.5) is 0 Å². The van der Waals surface area contributed by atoms with Gasteiger partial charge in [0.15, 0.2) is 11.5 Å². The summed E-state index contributed by atoms with van der Waals surface area (Å²) in [6, 6.07) is 11.3. The summed E-state index contributed by atoms with van der Waals surface area (Å²) in [7, 11) is 1.51. The Morgan fingerprint density at radius 2 is 1.83 bits per heavy atom. The van der Waals surface area contributed by atoms with Crippen molar-refractivity contribution < 1.29 is 33.7 Å². The molecular weight excluding hydrogens is 380 g/mol. The van der Waals surface area contributed by atoms with Gasteiger partial charge in [-0.25, -0.2) is 0 Å². The lowest BCUT2D eigenvalue weighted by Gasteiger charge is -2.11. The standard InChI is InChI=1S/C20H18N2O7/c1-27-14-5-3-13(4-6-14)19(25)22-15(20(26)21-10-18(23)24)8-12-2-7-16-17(9-12)29-11-28-16/h2-9H,10-11H2,1H3,(H,21,26)(H,22,25)(H,23,24)/b15-8-. The van der Waals surface area contributed by atoms with E-state index < -0.39 is 24.3 Å². The van der Waals surface area contributed by atoms with Gasteiger partial charge >= 0.3 is 5.97 Å². The van der Waals surface area contributed by atoms with Crippen molar-refractivity contribution in [1.82, 2.24) is 10.6 Å². The van der Waals surface area contributed by atoms with Gasteiger partial charge in [0.2, 0.25) is 6.79 Å². The van der Waals surface area contributed by atoms with Gasteiger partial charge in [-0.3, -0.25) is 14.4 Å². The van der Waals surface area contributed by atoms with Crippen molar-refractivity contribution in [2.24, 2.45) is 0 Å². The fourth-order valence-electron chi connectivity index (χ4n) is 2.52. The number of carboxylic acids is 1. The second-order valence-electron chi connectivity index (χ2n) is 5.93. The summed E-state index contributed by atoms with van der Waals surface area (Å²) in [5.74, 6) is -0.831. The molecule has 1 heterocycles. The van der Waals surface area contributed by atoms with E-state index >= 15 is 0 Å². The maximum Gasteiger partial charge on any atom is 0.322 e. The minimum atomic E-state index is -1.21. The number of hydrogen-bond acceptors (Lipinski definition) is 6. The van der Waals surface area contributed by atoms with Gasteiger partial charge in [0.05, 0.1) is 7.11 Å². The van der Waals surface area contributed by atoms with E-state index in [-0.39, 0.29) is 12.5 Å². The number of methoxy groups -OCH3 is 1. The van der Waals surface area contributed by atoms with Crippen molar-refractivity contribution in [2.45, 2.75) is 0 Å². The Balaban J connectivity index is 1.84. The summed E-state index contributed by atoms with van der Waals surface area (Å²) in [5.41, 5.74) is 0.740. The number of hydrogen-bond donors (Lipinski definition) is 3. The molecule has 2 amide bonds. The lowest BCUT2D eigenvalue weighted by atomic mass is 10.1. The highest BCUT2D eigenvalue weighted by molar-refractivity contribution is 6.05. The molecule has 0 aliphatic carbocycles. The lowest BCUT2D eigenvalue weighted by Crippen LogP contribution is -2.37. The summed E-state index contributed by atoms with van der Waals surface area (Å²) in [6.45, 7) is -0.488. The van der Waals surface area contributed by atoms with Crippen molar-refractivity contribution >= 4 is 23.9 Å². The number of fused-ring (bicyclic) bond motifs is 1. The highest BCUT2D eigenvalue weighted by atomic mass is 16.7. The maximum atomic E-state index is 12.5. The van der Waals surface area contributed by atoms with Gasteiger partial charge in [-0.05, 0) is 48.0 Å². The topological polar surface area (TPSA) is 123 Å². The lowest BCUT2D eigenvalue weighted by molar-refractivity contribution is -0.137. The molecule has 0 aromatic heterocycles. The van der Waals surface area contributed by atoms with E-state index in [0.717, 1.165) is 0 Å². The second kappa shape index (κ2) is 8.79. The van der Waals surface area contributed by atoms with E-state index in [1.165, 1.54) is 13.2 Å². The number of nitrogens with one attached hydrogen (secondary N) is 2. The Kier molecular flexibility index (Phi) is 5.98. The van der Waals surface area contributed by atoms with Crippen molar-refractivity contribution in [2.75, 3.05) is 20.4 Å². The monoisotopic (exact) mass is 398 g/mol. The van der Waals surface area contributed by atoms with Crippen LogP contribution in [-0.4, -0.2) is 43.3 Å². The molecular formula is C20H18N2O7. The number of ether oxygens (including phenoxy) is 3. The number of carbonyl (C=O) groups is 3. The Hall–Kier alpha value is -4.01. The molecule has 2 aromatic rings. The molecule has 0 spiro atoms. The van der Waals surface area contributed by atoms with Gasteiger partial charge in [0, 0.05) is 5.56 Å². The third-order valence-electron chi connectivity index (χ3n) is 3.95. The highest BCUT2D eigenvalue weighted by Gasteiger charge is 2.17. The average Bonchev–Trinajstić information content (AvgIpc) is 3.19. The van der Waals surface area contributed by atoms with Gasteiger partial charge in [0.1, 0.15) is 18.0 Å². The molecule has 0 saturated carbocycles. The van der Waals surface area contributed by atoms with Crippen LogP contribution in [0.1, 0.15) is 15.9 Å². The quantitative estimate of drug-likeness (QED) is 0.602. The Bertz CT molecular complexity index is 967. The first kappa shape index (κ1) is 19.7. The predicted octanol–water partition coefficient (Wildman–Crippen LogP) is 1.40. The van der Waals surface area contributed by atoms with Crippen molar-refractivity contribution in [1.29, 1.82) is 0 Å². The Labute approximate surface area is 165 Å². The van der Waals surface area contributed by atoms with Crippen LogP contribution in [0.5, 0.6) is 17.2 Å². The molecule has 9 heteroatoms. The minimum Gasteiger partial charge on any atom is -0.497 e. The summed E-state index contributed by atoms with van der Waals surface area (Å²) >= 11 is 0. The molecule has 3 rings (SSSR count). The van der Waals surface area contributed by atoms with E-state index in [4.69, 9.17) is 19.3 Å². The SMILES string of the molecule is COc1ccc(C(=O)N/C(=C\c2ccc3c(c2)OCO3)C(=O)NCC(=O)O)cc1. The summed E-state index contributed by atoms with van der Waals surface area (Å²) in [5, 5.41) is 13.5. The first-order valence-electron chi connectivity index (χ1n) is 8.53. The molecule has 0 saturated heterocycles. The highest BCUT2D eigenvalue weighted by Crippen LogP contribution is 2.33. The molecule has 1 aliphatic rings. The number of carboxylic acid groups (broad SMARTS) is 1. The van der Waals surface area contributed by atoms with Gasteiger partial charge in [0.25, 0.3) is 11.8 Å². The number of carbonyl (C=O) groups excluding carboxylic acids is 2. The van der Waals surface area contributed by atoms with Crippen molar-refractivity contribution in [3.8, 4) is 17.2 Å². The molecule has 0 bridgehead atoms. The third kappa shape index (κ3) is 5.04. The normalized spacial score (nSPS) is 12.2. The van der Waals surface area contributed by atoms with Crippen LogP contribution in [0.2, 0.25) is 0 Å². The van der Waals surface area contributed by atoms with Crippen molar-refractivity contribution in [3.05, 3.63) is 59.3 Å². The number of aliphatic carboxylic acids is 1. The van der Waals surface area contributed by atoms with E-state index in [2.05, 4.69) is 10.6 Å². The zero-order chi connectivity index (χ0) is 20.8. The molecule has 3 N–H and O–H groups in total. The largest absolute Gasteiger partial charge is 0.497 e. The Morgan fingerprint density at radius 3 is 2.52 bits per heavy atom. The molecule has 0 unspecified atom stereocenters. The van der Waals surface area contributed by atoms with E-state index in [9.17, 15) is 14.4 Å². The van der Waals surface area contributed by atoms with E-state index in [1.54, 1.807) is 42.5 Å². The van der Waals surface area contributed by atoms with Crippen LogP contribution < -0.4 is 24.8 Å². The summed E-state index contributed by atoms with van der Waals surface area (Å²) < 4.78 is 15.6. The van der Waals surface area contributed by atoms with Gasteiger partial charge in [-0.15, -0.1) is 0 Å². The zero-order valence-corrected chi connectivity index (χ0v) is 15.4. The third-order valence-corrected chi connectivity index (χ3v) is 3.95. The first-order valence-corrected chi connectivity index (χ1v) is 8.53. The molecule has 29 heavy (non-hydrogen) atoms. The van der Waals surface area contributed by atoms with Gasteiger partial charge < -0.3 is 30.0 Å². The smallest absolute Gasteiger partial charge is 0.322 e. The van der Waals surface area contributed by atoms with Crippen LogP contribution >= 0.6 is 0 Å². The maximum absolute atomic E-state index is 12.5. The molecule has 150 valence electrons. The molecule has 0 atom stereocenters. The minimum absolute atomic E-state index is 0.0999. The van der Waals surface area contributed by atoms with Gasteiger partial charge in [-0.2, -0.15) is 0 Å². The molecule has 2 aromatic carbocycles. The summed E-state index contributed by atoms with van der Waals surface area (Å²) in [6.07, 6.45) is 1.42. The number of amides is 2. The average molecular weight is 398 g/mol. The predicted molar refractivity (Wildman–Crippen MR) is 102 cm³/mol. The van der Waals surface area contributed by atoms with Crippen LogP contribution in [0.3, 0.4) is 0 Å². The fourth-order valence-corrected chi connectivity index (χ4v) is 2.52. The molecule has 0 fully saturated rings. The van der Waals surface area contributed by atoms with Crippen molar-refractivity contribution in [3.63, 3.8) is 0 Å². The fraction of sp³-hybridized carbons (Fsp3) is 0.150. The van der Waals surface area contributed by atoms with E-state index in [0.29, 0.717) is 28.4 Å². The summed E-state index contributed by atoms with van der Waals surface area (Å²) in [4.78, 5) is 35.7. The second-order valence-corrected chi connectivity index (χ2v) is 5.93. The van der Waals surface area contributed by atoms with Crippen LogP contribution in [0, 0.1) is 0 Å². The number of rotatable bonds is 7. The Morgan fingerprint density at radius 1 is 1.10 bits per heavy atom. The van der Waals surface area contributed by atoms with Crippen LogP contribution in [-0.2, 0) is 9.59 Å². The molecule has 1 aliphatic heterocycles. The molecule has 0 radical (unpaired) electrons. The van der Waals surface area contributed by atoms with Crippen LogP contribution in [0.25, 0.3) is 6.08 Å². The van der Waals surface area contributed by atoms with Gasteiger partial charge in [-0.1, -0.05) is 6.07 Å². The van der Waals surface area contributed by atoms with Crippen LogP contribution in [0.15, 0.2) is 48.2 Å².